The molecule has 106 valence electrons. The van der Waals surface area contributed by atoms with Crippen LogP contribution in [-0.4, -0.2) is 11.7 Å². The third kappa shape index (κ3) is 3.58. The highest BCUT2D eigenvalue weighted by Gasteiger charge is 2.12. The molecule has 1 unspecified atom stereocenters. The number of aliphatic hydroxyl groups is 1. The molecule has 2 aromatic rings. The van der Waals surface area contributed by atoms with Gasteiger partial charge in [-0.2, -0.15) is 0 Å². The number of para-hydroxylation sites is 1. The summed E-state index contributed by atoms with van der Waals surface area (Å²) in [6.07, 6.45) is 1.19. The van der Waals surface area contributed by atoms with Crippen molar-refractivity contribution in [1.82, 2.24) is 0 Å². The highest BCUT2D eigenvalue weighted by atomic mass is 19.1. The summed E-state index contributed by atoms with van der Waals surface area (Å²) < 4.78 is 13.6. The van der Waals surface area contributed by atoms with Crippen molar-refractivity contribution in [1.29, 1.82) is 0 Å². The number of halogens is 1. The van der Waals surface area contributed by atoms with Gasteiger partial charge in [0.2, 0.25) is 0 Å². The van der Waals surface area contributed by atoms with E-state index in [0.717, 1.165) is 18.5 Å². The van der Waals surface area contributed by atoms with Crippen molar-refractivity contribution in [2.45, 2.75) is 25.9 Å². The first kappa shape index (κ1) is 14.5. The second-order valence-electron chi connectivity index (χ2n) is 4.83. The smallest absolute Gasteiger partial charge is 0.129 e. The van der Waals surface area contributed by atoms with Gasteiger partial charge in [0.15, 0.2) is 0 Å². The predicted molar refractivity (Wildman–Crippen MR) is 80.3 cm³/mol. The molecule has 3 heteroatoms. The molecule has 0 fully saturated rings. The highest BCUT2D eigenvalue weighted by Crippen LogP contribution is 2.20. The van der Waals surface area contributed by atoms with Gasteiger partial charge in [0, 0.05) is 17.8 Å². The largest absolute Gasteiger partial charge is 0.386 e. The maximum absolute atomic E-state index is 13.6. The zero-order valence-electron chi connectivity index (χ0n) is 11.6. The lowest BCUT2D eigenvalue weighted by atomic mass is 10.1. The Hall–Kier alpha value is -1.87. The Morgan fingerprint density at radius 3 is 2.55 bits per heavy atom. The van der Waals surface area contributed by atoms with E-state index in [0.29, 0.717) is 12.1 Å². The Bertz CT molecular complexity index is 556. The van der Waals surface area contributed by atoms with Crippen LogP contribution < -0.4 is 5.32 Å². The first-order valence-electron chi connectivity index (χ1n) is 6.96. The summed E-state index contributed by atoms with van der Waals surface area (Å²) in [5.41, 5.74) is 2.55. The van der Waals surface area contributed by atoms with Gasteiger partial charge in [-0.1, -0.05) is 49.7 Å². The average Bonchev–Trinajstić information content (AvgIpc) is 2.47. The maximum atomic E-state index is 13.6. The average molecular weight is 273 g/mol. The second kappa shape index (κ2) is 7.06. The van der Waals surface area contributed by atoms with Crippen molar-refractivity contribution < 1.29 is 9.50 Å². The van der Waals surface area contributed by atoms with Crippen molar-refractivity contribution in [2.75, 3.05) is 11.9 Å². The van der Waals surface area contributed by atoms with Crippen LogP contribution >= 0.6 is 0 Å². The molecule has 2 aromatic carbocycles. The van der Waals surface area contributed by atoms with Crippen molar-refractivity contribution >= 4 is 5.69 Å². The number of nitrogens with one attached hydrogen (secondary N) is 1. The van der Waals surface area contributed by atoms with Crippen LogP contribution in [0.25, 0.3) is 0 Å². The molecule has 0 radical (unpaired) electrons. The van der Waals surface area contributed by atoms with Gasteiger partial charge in [-0.05, 0) is 24.1 Å². The SMILES string of the molecule is CCCc1ccccc1NCC(O)c1ccccc1F. The van der Waals surface area contributed by atoms with E-state index in [1.807, 2.05) is 18.2 Å². The Kier molecular flexibility index (Phi) is 5.13. The predicted octanol–water partition coefficient (Wildman–Crippen LogP) is 3.92. The number of hydrogen-bond acceptors (Lipinski definition) is 2. The molecule has 0 bridgehead atoms. The summed E-state index contributed by atoms with van der Waals surface area (Å²) in [6, 6.07) is 14.3. The molecule has 0 heterocycles. The van der Waals surface area contributed by atoms with Crippen LogP contribution in [0.2, 0.25) is 0 Å². The van der Waals surface area contributed by atoms with Crippen LogP contribution in [0.5, 0.6) is 0 Å². The van der Waals surface area contributed by atoms with Gasteiger partial charge in [0.25, 0.3) is 0 Å². The molecular weight excluding hydrogens is 253 g/mol. The van der Waals surface area contributed by atoms with Gasteiger partial charge in [-0.3, -0.25) is 0 Å². The molecule has 0 saturated carbocycles. The Morgan fingerprint density at radius 2 is 1.80 bits per heavy atom. The summed E-state index contributed by atoms with van der Waals surface area (Å²) in [4.78, 5) is 0. The van der Waals surface area contributed by atoms with Crippen LogP contribution in [0, 0.1) is 5.82 Å². The summed E-state index contributed by atoms with van der Waals surface area (Å²) >= 11 is 0. The number of rotatable bonds is 6. The fraction of sp³-hybridized carbons (Fsp3) is 0.294. The Labute approximate surface area is 119 Å². The van der Waals surface area contributed by atoms with Gasteiger partial charge in [-0.25, -0.2) is 4.39 Å². The molecule has 0 aliphatic heterocycles. The van der Waals surface area contributed by atoms with Crippen LogP contribution in [0.3, 0.4) is 0 Å². The normalized spacial score (nSPS) is 12.2. The third-order valence-electron chi connectivity index (χ3n) is 3.29. The minimum absolute atomic E-state index is 0.293. The molecular formula is C17H20FNO. The van der Waals surface area contributed by atoms with Gasteiger partial charge < -0.3 is 10.4 Å². The number of anilines is 1. The van der Waals surface area contributed by atoms with Crippen LogP contribution in [-0.2, 0) is 6.42 Å². The van der Waals surface area contributed by atoms with E-state index in [-0.39, 0.29) is 5.82 Å². The lowest BCUT2D eigenvalue weighted by Gasteiger charge is -2.16. The second-order valence-corrected chi connectivity index (χ2v) is 4.83. The molecule has 0 aliphatic carbocycles. The summed E-state index contributed by atoms with van der Waals surface area (Å²) in [5.74, 6) is -0.372. The van der Waals surface area contributed by atoms with E-state index in [1.54, 1.807) is 18.2 Å². The first-order chi connectivity index (χ1) is 9.72. The van der Waals surface area contributed by atoms with E-state index in [1.165, 1.54) is 11.6 Å². The van der Waals surface area contributed by atoms with Gasteiger partial charge in [0.1, 0.15) is 5.82 Å². The minimum atomic E-state index is -0.856. The van der Waals surface area contributed by atoms with Gasteiger partial charge >= 0.3 is 0 Å². The number of aryl methyl sites for hydroxylation is 1. The molecule has 0 amide bonds. The molecule has 0 aromatic heterocycles. The van der Waals surface area contributed by atoms with Crippen LogP contribution in [0.1, 0.15) is 30.6 Å². The topological polar surface area (TPSA) is 32.3 Å². The van der Waals surface area contributed by atoms with E-state index in [9.17, 15) is 9.50 Å². The van der Waals surface area contributed by atoms with Crippen molar-refractivity contribution in [3.8, 4) is 0 Å². The van der Waals surface area contributed by atoms with Crippen molar-refractivity contribution in [3.05, 3.63) is 65.5 Å². The summed E-state index contributed by atoms with van der Waals surface area (Å²) in [7, 11) is 0. The number of hydrogen-bond donors (Lipinski definition) is 2. The van der Waals surface area contributed by atoms with E-state index in [4.69, 9.17) is 0 Å². The first-order valence-corrected chi connectivity index (χ1v) is 6.96. The minimum Gasteiger partial charge on any atom is -0.386 e. The monoisotopic (exact) mass is 273 g/mol. The third-order valence-corrected chi connectivity index (χ3v) is 3.29. The number of aliphatic hydroxyl groups excluding tert-OH is 1. The Balaban J connectivity index is 2.04. The fourth-order valence-corrected chi connectivity index (χ4v) is 2.24. The standard InChI is InChI=1S/C17H20FNO/c1-2-7-13-8-3-6-11-16(13)19-12-17(20)14-9-4-5-10-15(14)18/h3-6,8-11,17,19-20H,2,7,12H2,1H3. The lowest BCUT2D eigenvalue weighted by Crippen LogP contribution is -2.14. The molecule has 2 nitrogen and oxygen atoms in total. The zero-order valence-corrected chi connectivity index (χ0v) is 11.6. The fourth-order valence-electron chi connectivity index (χ4n) is 2.24. The zero-order chi connectivity index (χ0) is 14.4. The van der Waals surface area contributed by atoms with E-state index < -0.39 is 6.10 Å². The van der Waals surface area contributed by atoms with E-state index in [2.05, 4.69) is 18.3 Å². The van der Waals surface area contributed by atoms with Crippen LogP contribution in [0.4, 0.5) is 10.1 Å². The molecule has 2 N–H and O–H groups in total. The van der Waals surface area contributed by atoms with E-state index >= 15 is 0 Å². The molecule has 0 saturated heterocycles. The lowest BCUT2D eigenvalue weighted by molar-refractivity contribution is 0.186. The van der Waals surface area contributed by atoms with Crippen LogP contribution in [0.15, 0.2) is 48.5 Å². The van der Waals surface area contributed by atoms with Gasteiger partial charge in [-0.15, -0.1) is 0 Å². The Morgan fingerprint density at radius 1 is 1.10 bits per heavy atom. The highest BCUT2D eigenvalue weighted by molar-refractivity contribution is 5.51. The maximum Gasteiger partial charge on any atom is 0.129 e. The van der Waals surface area contributed by atoms with Crippen molar-refractivity contribution in [3.63, 3.8) is 0 Å². The summed E-state index contributed by atoms with van der Waals surface area (Å²) in [5, 5.41) is 13.3. The van der Waals surface area contributed by atoms with Crippen molar-refractivity contribution in [2.24, 2.45) is 0 Å². The molecule has 0 aliphatic rings. The molecule has 1 atom stereocenters. The quantitative estimate of drug-likeness (QED) is 0.836. The summed E-state index contributed by atoms with van der Waals surface area (Å²) in [6.45, 7) is 2.42. The molecule has 20 heavy (non-hydrogen) atoms. The molecule has 0 spiro atoms. The van der Waals surface area contributed by atoms with Gasteiger partial charge in [0.05, 0.1) is 6.10 Å². The number of benzene rings is 2. The molecule has 2 rings (SSSR count).